The minimum atomic E-state index is -4.65. The summed E-state index contributed by atoms with van der Waals surface area (Å²) in [5, 5.41) is 8.20. The van der Waals surface area contributed by atoms with E-state index in [1.807, 2.05) is 54.1 Å². The Morgan fingerprint density at radius 2 is 1.76 bits per heavy atom. The molecule has 0 saturated carbocycles. The predicted octanol–water partition coefficient (Wildman–Crippen LogP) is 4.40. The number of pyridine rings is 1. The lowest BCUT2D eigenvalue weighted by molar-refractivity contribution is -0.136. The van der Waals surface area contributed by atoms with E-state index in [0.717, 1.165) is 39.8 Å². The van der Waals surface area contributed by atoms with Crippen LogP contribution in [-0.2, 0) is 59.0 Å². The van der Waals surface area contributed by atoms with E-state index >= 15 is 0 Å². The van der Waals surface area contributed by atoms with Gasteiger partial charge in [0.1, 0.15) is 12.2 Å². The minimum absolute atomic E-state index is 0.0559. The third kappa shape index (κ3) is 7.65. The molecule has 5 heterocycles. The Balaban J connectivity index is 1.01. The van der Waals surface area contributed by atoms with Crippen LogP contribution < -0.4 is 11.4 Å². The van der Waals surface area contributed by atoms with Crippen molar-refractivity contribution in [3.8, 4) is 5.69 Å². The van der Waals surface area contributed by atoms with Gasteiger partial charge in [0.2, 0.25) is 0 Å². The average molecular weight is 706 g/mol. The van der Waals surface area contributed by atoms with Gasteiger partial charge in [-0.1, -0.05) is 36.4 Å². The van der Waals surface area contributed by atoms with Crippen LogP contribution in [0.25, 0.3) is 11.2 Å². The zero-order valence-corrected chi connectivity index (χ0v) is 28.5. The van der Waals surface area contributed by atoms with Crippen molar-refractivity contribution < 1.29 is 27.4 Å². The Morgan fingerprint density at radius 3 is 2.43 bits per heavy atom. The van der Waals surface area contributed by atoms with Crippen LogP contribution >= 0.6 is 0 Å². The Hall–Kier alpha value is -4.34. The van der Waals surface area contributed by atoms with Crippen LogP contribution in [0.1, 0.15) is 46.5 Å². The highest BCUT2D eigenvalue weighted by atomic mass is 19.4. The van der Waals surface area contributed by atoms with Crippen molar-refractivity contribution in [3.63, 3.8) is 0 Å². The number of benzene rings is 2. The summed E-state index contributed by atoms with van der Waals surface area (Å²) in [6.07, 6.45) is 1.94. The highest BCUT2D eigenvalue weighted by Gasteiger charge is 2.42. The standard InChI is InChI=1S/C37H42F3N7O4/c1-44-25-42-43-34(44)17-36(23-50-24-36)29-3-2-4-30(16-29)46-21-33-32(37(38,39)40)15-28(20-47(33)35(46)48)19-45-11-9-31(10-12-45)51-14-13-49-22-27-7-5-26(18-41)6-8-27/h2-8,15-16,20-21,25,31H,9-14,17-19,22-24,41H2,1H3. The van der Waals surface area contributed by atoms with Crippen molar-refractivity contribution in [2.45, 2.75) is 56.7 Å². The van der Waals surface area contributed by atoms with Gasteiger partial charge < -0.3 is 24.5 Å². The van der Waals surface area contributed by atoms with Crippen LogP contribution in [0.15, 0.2) is 78.1 Å². The molecule has 2 aliphatic heterocycles. The number of nitrogens with two attached hydrogens (primary N) is 1. The first-order valence-electron chi connectivity index (χ1n) is 17.2. The normalized spacial score (nSPS) is 16.9. The summed E-state index contributed by atoms with van der Waals surface area (Å²) in [5.41, 5.74) is 7.64. The van der Waals surface area contributed by atoms with E-state index < -0.39 is 17.4 Å². The molecule has 2 fully saturated rings. The van der Waals surface area contributed by atoms with Crippen molar-refractivity contribution >= 4 is 5.52 Å². The second-order valence-electron chi connectivity index (χ2n) is 13.6. The summed E-state index contributed by atoms with van der Waals surface area (Å²) in [5.74, 6) is 0.793. The monoisotopic (exact) mass is 705 g/mol. The molecule has 2 aliphatic rings. The van der Waals surface area contributed by atoms with Gasteiger partial charge in [-0.25, -0.2) is 4.79 Å². The maximum atomic E-state index is 14.5. The number of halogens is 3. The third-order valence-corrected chi connectivity index (χ3v) is 9.97. The summed E-state index contributed by atoms with van der Waals surface area (Å²) < 4.78 is 65.0. The fraction of sp³-hybridized carbons (Fsp3) is 0.432. The van der Waals surface area contributed by atoms with E-state index in [1.54, 1.807) is 12.4 Å². The number of ether oxygens (including phenoxy) is 3. The van der Waals surface area contributed by atoms with Gasteiger partial charge in [0, 0.05) is 57.5 Å². The fourth-order valence-electron chi connectivity index (χ4n) is 6.95. The van der Waals surface area contributed by atoms with Gasteiger partial charge in [0.25, 0.3) is 0 Å². The maximum absolute atomic E-state index is 14.5. The fourth-order valence-corrected chi connectivity index (χ4v) is 6.95. The third-order valence-electron chi connectivity index (χ3n) is 9.97. The molecule has 7 rings (SSSR count). The van der Waals surface area contributed by atoms with Crippen LogP contribution in [0.5, 0.6) is 0 Å². The Bertz CT molecular complexity index is 2010. The molecule has 3 aromatic heterocycles. The molecule has 2 saturated heterocycles. The van der Waals surface area contributed by atoms with E-state index in [2.05, 4.69) is 15.1 Å². The smallest absolute Gasteiger partial charge is 0.379 e. The van der Waals surface area contributed by atoms with Crippen LogP contribution in [0, 0.1) is 0 Å². The van der Waals surface area contributed by atoms with Crippen molar-refractivity contribution in [2.24, 2.45) is 12.8 Å². The number of alkyl halides is 3. The molecular weight excluding hydrogens is 663 g/mol. The topological polar surface area (TPSA) is 114 Å². The number of rotatable bonds is 13. The number of imidazole rings is 1. The highest BCUT2D eigenvalue weighted by molar-refractivity contribution is 5.58. The van der Waals surface area contributed by atoms with Gasteiger partial charge in [-0.3, -0.25) is 13.9 Å². The van der Waals surface area contributed by atoms with Gasteiger partial charge in [0.15, 0.2) is 0 Å². The summed E-state index contributed by atoms with van der Waals surface area (Å²) in [4.78, 5) is 15.9. The van der Waals surface area contributed by atoms with Gasteiger partial charge >= 0.3 is 11.9 Å². The van der Waals surface area contributed by atoms with Crippen LogP contribution in [0.4, 0.5) is 13.2 Å². The lowest BCUT2D eigenvalue weighted by Crippen LogP contribution is -2.49. The molecule has 0 aliphatic carbocycles. The molecule has 14 heteroatoms. The Labute approximate surface area is 293 Å². The van der Waals surface area contributed by atoms with Gasteiger partial charge in [-0.15, -0.1) is 10.2 Å². The number of piperidine rings is 1. The van der Waals surface area contributed by atoms with Crippen LogP contribution in [0.3, 0.4) is 0 Å². The summed E-state index contributed by atoms with van der Waals surface area (Å²) >= 11 is 0. The molecule has 5 aromatic rings. The molecule has 0 radical (unpaired) electrons. The average Bonchev–Trinajstić information content (AvgIpc) is 3.67. The molecule has 0 amide bonds. The second-order valence-corrected chi connectivity index (χ2v) is 13.6. The zero-order valence-electron chi connectivity index (χ0n) is 28.5. The zero-order chi connectivity index (χ0) is 35.6. The quantitative estimate of drug-likeness (QED) is 0.180. The van der Waals surface area contributed by atoms with Gasteiger partial charge in [-0.05, 0) is 53.3 Å². The van der Waals surface area contributed by atoms with E-state index in [-0.39, 0.29) is 23.6 Å². The molecule has 0 spiro atoms. The molecule has 0 unspecified atom stereocenters. The molecule has 2 aromatic carbocycles. The number of fused-ring (bicyclic) bond motifs is 1. The first-order chi connectivity index (χ1) is 24.6. The first kappa shape index (κ1) is 35.1. The Kier molecular flexibility index (Phi) is 10.1. The molecule has 11 nitrogen and oxygen atoms in total. The molecular formula is C37H42F3N7O4. The van der Waals surface area contributed by atoms with Gasteiger partial charge in [-0.2, -0.15) is 13.2 Å². The molecule has 51 heavy (non-hydrogen) atoms. The number of nitrogens with zero attached hydrogens (tertiary/aromatic N) is 6. The van der Waals surface area contributed by atoms with Crippen molar-refractivity contribution in [2.75, 3.05) is 39.5 Å². The summed E-state index contributed by atoms with van der Waals surface area (Å²) in [6, 6.07) is 16.5. The van der Waals surface area contributed by atoms with E-state index in [1.165, 1.54) is 23.0 Å². The second kappa shape index (κ2) is 14.7. The van der Waals surface area contributed by atoms with E-state index in [0.29, 0.717) is 70.3 Å². The minimum Gasteiger partial charge on any atom is -0.379 e. The number of aryl methyl sites for hydroxylation is 1. The van der Waals surface area contributed by atoms with E-state index in [4.69, 9.17) is 19.9 Å². The first-order valence-corrected chi connectivity index (χ1v) is 17.2. The molecule has 0 bridgehead atoms. The summed E-state index contributed by atoms with van der Waals surface area (Å²) in [7, 11) is 1.87. The van der Waals surface area contributed by atoms with Crippen molar-refractivity contribution in [1.82, 2.24) is 28.6 Å². The Morgan fingerprint density at radius 1 is 1.00 bits per heavy atom. The highest BCUT2D eigenvalue weighted by Crippen LogP contribution is 2.37. The lowest BCUT2D eigenvalue weighted by atomic mass is 9.75. The van der Waals surface area contributed by atoms with Crippen molar-refractivity contribution in [3.05, 3.63) is 117 Å². The largest absolute Gasteiger partial charge is 0.418 e. The number of likely N-dealkylation sites (tertiary alicyclic amines) is 1. The van der Waals surface area contributed by atoms with Crippen molar-refractivity contribution in [1.29, 1.82) is 0 Å². The molecule has 270 valence electrons. The van der Waals surface area contributed by atoms with E-state index in [9.17, 15) is 18.0 Å². The SMILES string of the molecule is Cn1cnnc1CC1(c2cccc(-n3cc4c(C(F)(F)F)cc(CN5CCC(OCCOCc6ccc(CN)cc6)CC5)cn4c3=O)c2)COC1. The van der Waals surface area contributed by atoms with Crippen LogP contribution in [-0.4, -0.2) is 74.3 Å². The predicted molar refractivity (Wildman–Crippen MR) is 183 cm³/mol. The maximum Gasteiger partial charge on any atom is 0.418 e. The molecule has 0 atom stereocenters. The van der Waals surface area contributed by atoms with Crippen LogP contribution in [0.2, 0.25) is 0 Å². The summed E-state index contributed by atoms with van der Waals surface area (Å²) in [6.45, 7) is 4.48. The lowest BCUT2D eigenvalue weighted by Gasteiger charge is -2.41. The number of aromatic nitrogens is 5. The molecule has 2 N–H and O–H groups in total. The number of hydrogen-bond donors (Lipinski definition) is 1. The number of hydrogen-bond acceptors (Lipinski definition) is 8. The van der Waals surface area contributed by atoms with Gasteiger partial charge in [0.05, 0.1) is 55.9 Å².